The Morgan fingerprint density at radius 1 is 1.60 bits per heavy atom. The zero-order chi connectivity index (χ0) is 3.58. The van der Waals surface area contributed by atoms with Crippen LogP contribution in [0.1, 0.15) is 1.43 Å². The van der Waals surface area contributed by atoms with Gasteiger partial charge in [-0.3, -0.25) is 4.21 Å². The molecule has 5 heavy (non-hydrogen) atoms. The van der Waals surface area contributed by atoms with Gasteiger partial charge in [-0.1, -0.05) is 0 Å². The molecule has 0 amide bonds. The van der Waals surface area contributed by atoms with Gasteiger partial charge in [0.1, 0.15) is 0 Å². The van der Waals surface area contributed by atoms with E-state index in [0.29, 0.717) is 0 Å². The summed E-state index contributed by atoms with van der Waals surface area (Å²) in [6, 6.07) is 0. The van der Waals surface area contributed by atoms with E-state index in [4.69, 9.17) is 0 Å². The molecule has 0 bridgehead atoms. The van der Waals surface area contributed by atoms with Gasteiger partial charge in [-0.15, -0.1) is 0 Å². The van der Waals surface area contributed by atoms with Crippen molar-refractivity contribution >= 4 is 10.8 Å². The van der Waals surface area contributed by atoms with Gasteiger partial charge < -0.3 is 1.43 Å². The fraction of sp³-hybridized carbons (Fsp3) is 1.00. The maximum absolute atomic E-state index is 9.56. The van der Waals surface area contributed by atoms with Crippen LogP contribution in [-0.4, -0.2) is 16.7 Å². The molecule has 0 aliphatic rings. The summed E-state index contributed by atoms with van der Waals surface area (Å²) in [6.07, 6.45) is 3.28. The van der Waals surface area contributed by atoms with Gasteiger partial charge in [0.05, 0.1) is 0 Å². The van der Waals surface area contributed by atoms with Crippen molar-refractivity contribution in [1.29, 1.82) is 0 Å². The first kappa shape index (κ1) is 9.22. The van der Waals surface area contributed by atoms with E-state index in [9.17, 15) is 4.21 Å². The van der Waals surface area contributed by atoms with Crippen LogP contribution in [0.2, 0.25) is 0 Å². The molecule has 0 aliphatic carbocycles. The van der Waals surface area contributed by atoms with Gasteiger partial charge in [-0.05, 0) is 0 Å². The fourth-order valence-corrected chi connectivity index (χ4v) is 0. The first-order valence-corrected chi connectivity index (χ1v) is 2.95. The van der Waals surface area contributed by atoms with Crippen molar-refractivity contribution in [3.05, 3.63) is 0 Å². The van der Waals surface area contributed by atoms with Gasteiger partial charge in [0, 0.05) is 23.3 Å². The van der Waals surface area contributed by atoms with Crippen molar-refractivity contribution in [3.63, 3.8) is 0 Å². The quantitative estimate of drug-likeness (QED) is 0.289. The average molecular weight is 86.1 g/mol. The molecule has 3 heteroatoms. The van der Waals surface area contributed by atoms with Gasteiger partial charge in [0.15, 0.2) is 0 Å². The van der Waals surface area contributed by atoms with Crippen molar-refractivity contribution < 1.29 is 24.5 Å². The molecule has 0 aromatic rings. The van der Waals surface area contributed by atoms with Crippen LogP contribution in [0.25, 0.3) is 0 Å². The second kappa shape index (κ2) is 4.75. The minimum Gasteiger partial charge on any atom is -1.00 e. The molecule has 0 fully saturated rings. The summed E-state index contributed by atoms with van der Waals surface area (Å²) in [4.78, 5) is 0. The summed E-state index contributed by atoms with van der Waals surface area (Å²) in [6.45, 7) is 0. The molecule has 0 spiro atoms. The van der Waals surface area contributed by atoms with E-state index in [2.05, 4.69) is 0 Å². The van der Waals surface area contributed by atoms with Crippen molar-refractivity contribution in [3.8, 4) is 0 Å². The predicted octanol–water partition coefficient (Wildman–Crippen LogP) is -2.89. The zero-order valence-corrected chi connectivity index (χ0v) is 4.63. The van der Waals surface area contributed by atoms with Crippen LogP contribution < -0.4 is 18.9 Å². The van der Waals surface area contributed by atoms with E-state index in [1.807, 2.05) is 0 Å². The van der Waals surface area contributed by atoms with E-state index < -0.39 is 10.8 Å². The largest absolute Gasteiger partial charge is 1.00 e. The Kier molecular flexibility index (Phi) is 8.76. The standard InChI is InChI=1S/C2H6OS.Li.H/c1-4(2)3;;/h1-2H3;;/q;+1;-1. The molecule has 0 aromatic heterocycles. The third kappa shape index (κ3) is 64.1. The van der Waals surface area contributed by atoms with Crippen LogP contribution in [-0.2, 0) is 10.8 Å². The molecule has 0 N–H and O–H groups in total. The van der Waals surface area contributed by atoms with Crippen molar-refractivity contribution in [2.24, 2.45) is 0 Å². The van der Waals surface area contributed by atoms with Crippen LogP contribution >= 0.6 is 0 Å². The summed E-state index contributed by atoms with van der Waals surface area (Å²) in [5, 5.41) is 0. The van der Waals surface area contributed by atoms with E-state index in [0.717, 1.165) is 0 Å². The number of rotatable bonds is 0. The molecule has 0 radical (unpaired) electrons. The Morgan fingerprint density at radius 2 is 1.60 bits per heavy atom. The van der Waals surface area contributed by atoms with E-state index in [1.165, 1.54) is 0 Å². The molecular formula is C2H7LiOS. The monoisotopic (exact) mass is 86.0 g/mol. The van der Waals surface area contributed by atoms with Gasteiger partial charge in [-0.25, -0.2) is 0 Å². The van der Waals surface area contributed by atoms with Crippen LogP contribution in [0.15, 0.2) is 0 Å². The summed E-state index contributed by atoms with van der Waals surface area (Å²) < 4.78 is 9.56. The second-order valence-electron chi connectivity index (χ2n) is 0.742. The normalized spacial score (nSPS) is 7.00. The summed E-state index contributed by atoms with van der Waals surface area (Å²) >= 11 is 0. The molecule has 0 atom stereocenters. The first-order chi connectivity index (χ1) is 1.73. The Balaban J connectivity index is -0.0000000450. The fourth-order valence-electron chi connectivity index (χ4n) is 0. The smallest absolute Gasteiger partial charge is 1.00 e. The number of hydrogen-bond acceptors (Lipinski definition) is 1. The van der Waals surface area contributed by atoms with Gasteiger partial charge in [0.25, 0.3) is 0 Å². The van der Waals surface area contributed by atoms with E-state index in [-0.39, 0.29) is 20.3 Å². The maximum atomic E-state index is 9.56. The molecule has 28 valence electrons. The Morgan fingerprint density at radius 3 is 1.60 bits per heavy atom. The van der Waals surface area contributed by atoms with Gasteiger partial charge >= 0.3 is 18.9 Å². The minimum atomic E-state index is -0.611. The average Bonchev–Trinajstić information content (AvgIpc) is 0.811. The zero-order valence-electron chi connectivity index (χ0n) is 4.82. The van der Waals surface area contributed by atoms with Crippen LogP contribution in [0.4, 0.5) is 0 Å². The minimum absolute atomic E-state index is 0. The Hall–Kier alpha value is 0.747. The number of hydrogen-bond donors (Lipinski definition) is 0. The predicted molar refractivity (Wildman–Crippen MR) is 21.1 cm³/mol. The SMILES string of the molecule is CS(C)=O.[H-].[Li+]. The van der Waals surface area contributed by atoms with Crippen LogP contribution in [0, 0.1) is 0 Å². The first-order valence-electron chi connectivity index (χ1n) is 0.983. The second-order valence-corrected chi connectivity index (χ2v) is 2.22. The van der Waals surface area contributed by atoms with Crippen molar-refractivity contribution in [2.75, 3.05) is 12.5 Å². The molecule has 0 saturated heterocycles. The molecular weight excluding hydrogens is 79.0 g/mol. The van der Waals surface area contributed by atoms with Gasteiger partial charge in [-0.2, -0.15) is 0 Å². The third-order valence-electron chi connectivity index (χ3n) is 0. The van der Waals surface area contributed by atoms with Crippen LogP contribution in [0.5, 0.6) is 0 Å². The molecule has 0 unspecified atom stereocenters. The summed E-state index contributed by atoms with van der Waals surface area (Å²) in [7, 11) is -0.611. The van der Waals surface area contributed by atoms with Gasteiger partial charge in [0.2, 0.25) is 0 Å². The van der Waals surface area contributed by atoms with Crippen molar-refractivity contribution in [1.82, 2.24) is 0 Å². The molecule has 0 aromatic carbocycles. The van der Waals surface area contributed by atoms with E-state index >= 15 is 0 Å². The molecule has 1 nitrogen and oxygen atoms in total. The molecule has 0 saturated carbocycles. The third-order valence-corrected chi connectivity index (χ3v) is 0. The van der Waals surface area contributed by atoms with E-state index in [1.54, 1.807) is 12.5 Å². The molecule has 0 aliphatic heterocycles. The molecule has 0 rings (SSSR count). The van der Waals surface area contributed by atoms with Crippen molar-refractivity contribution in [2.45, 2.75) is 0 Å². The van der Waals surface area contributed by atoms with Crippen LogP contribution in [0.3, 0.4) is 0 Å². The maximum Gasteiger partial charge on any atom is 1.00 e. The Labute approximate surface area is 48.3 Å². The Bertz CT molecular complexity index is 36.5. The summed E-state index contributed by atoms with van der Waals surface area (Å²) in [5.74, 6) is 0. The summed E-state index contributed by atoms with van der Waals surface area (Å²) in [5.41, 5.74) is 0. The molecule has 0 heterocycles. The topological polar surface area (TPSA) is 17.1 Å².